The summed E-state index contributed by atoms with van der Waals surface area (Å²) in [4.78, 5) is 12.5. The van der Waals surface area contributed by atoms with E-state index < -0.39 is 0 Å². The zero-order valence-electron chi connectivity index (χ0n) is 11.5. The van der Waals surface area contributed by atoms with Crippen molar-refractivity contribution in [3.05, 3.63) is 24.3 Å². The molecule has 1 saturated carbocycles. The third-order valence-electron chi connectivity index (χ3n) is 3.94. The summed E-state index contributed by atoms with van der Waals surface area (Å²) in [5.74, 6) is 1.86. The zero-order valence-corrected chi connectivity index (χ0v) is 13.1. The maximum Gasteiger partial charge on any atom is 0.217 e. The van der Waals surface area contributed by atoms with E-state index in [1.54, 1.807) is 23.1 Å². The molecular formula is C15H15N3OS2. The van der Waals surface area contributed by atoms with E-state index in [1.807, 2.05) is 12.1 Å². The molecule has 2 aromatic heterocycles. The second-order valence-electron chi connectivity index (χ2n) is 5.48. The quantitative estimate of drug-likeness (QED) is 0.689. The van der Waals surface area contributed by atoms with Crippen LogP contribution in [-0.2, 0) is 4.79 Å². The van der Waals surface area contributed by atoms with E-state index in [0.29, 0.717) is 11.7 Å². The Kier molecular flexibility index (Phi) is 3.43. The van der Waals surface area contributed by atoms with Gasteiger partial charge in [0.25, 0.3) is 0 Å². The van der Waals surface area contributed by atoms with E-state index in [4.69, 9.17) is 0 Å². The summed E-state index contributed by atoms with van der Waals surface area (Å²) in [5, 5.41) is 9.53. The summed E-state index contributed by atoms with van der Waals surface area (Å²) in [5.41, 5.74) is 1.17. The second-order valence-corrected chi connectivity index (χ2v) is 7.48. The van der Waals surface area contributed by atoms with E-state index in [9.17, 15) is 4.79 Å². The highest BCUT2D eigenvalue weighted by Crippen LogP contribution is 2.32. The minimum absolute atomic E-state index is 0.416. The van der Waals surface area contributed by atoms with Crippen LogP contribution in [0.25, 0.3) is 15.2 Å². The minimum Gasteiger partial charge on any atom is -0.300 e. The zero-order chi connectivity index (χ0) is 14.2. The number of ketones is 1. The first-order chi connectivity index (χ1) is 10.3. The molecular weight excluding hydrogens is 302 g/mol. The van der Waals surface area contributed by atoms with Crippen LogP contribution >= 0.6 is 23.1 Å². The fraction of sp³-hybridized carbons (Fsp3) is 0.400. The molecule has 2 heterocycles. The molecule has 6 heteroatoms. The van der Waals surface area contributed by atoms with Crippen molar-refractivity contribution in [2.24, 2.45) is 5.92 Å². The smallest absolute Gasteiger partial charge is 0.217 e. The third-order valence-corrected chi connectivity index (χ3v) is 6.12. The Bertz CT molecular complexity index is 808. The summed E-state index contributed by atoms with van der Waals surface area (Å²) in [6.07, 6.45) is 3.70. The van der Waals surface area contributed by atoms with Crippen LogP contribution in [-0.4, -0.2) is 26.1 Å². The number of Topliss-reactive ketones (excluding diaryl/α,β-unsaturated/α-hetero) is 1. The third kappa shape index (κ3) is 2.46. The van der Waals surface area contributed by atoms with Crippen molar-refractivity contribution in [3.8, 4) is 0 Å². The molecule has 0 N–H and O–H groups in total. The normalized spacial score (nSPS) is 19.6. The molecule has 0 aliphatic heterocycles. The molecule has 1 aliphatic carbocycles. The number of thioether (sulfide) groups is 1. The summed E-state index contributed by atoms with van der Waals surface area (Å²) in [6.45, 7) is 0. The van der Waals surface area contributed by atoms with Gasteiger partial charge in [-0.25, -0.2) is 0 Å². The first-order valence-electron chi connectivity index (χ1n) is 7.18. The van der Waals surface area contributed by atoms with Crippen LogP contribution < -0.4 is 0 Å². The van der Waals surface area contributed by atoms with Gasteiger partial charge in [0.2, 0.25) is 4.96 Å². The molecule has 21 heavy (non-hydrogen) atoms. The fourth-order valence-electron chi connectivity index (χ4n) is 2.90. The highest BCUT2D eigenvalue weighted by Gasteiger charge is 2.21. The molecule has 1 fully saturated rings. The van der Waals surface area contributed by atoms with Crippen LogP contribution in [0.1, 0.15) is 25.7 Å². The number of rotatable bonds is 3. The fourth-order valence-corrected chi connectivity index (χ4v) is 5.00. The Hall–Kier alpha value is -1.40. The van der Waals surface area contributed by atoms with E-state index in [0.717, 1.165) is 41.6 Å². The predicted molar refractivity (Wildman–Crippen MR) is 86.1 cm³/mol. The highest BCUT2D eigenvalue weighted by atomic mass is 32.2. The van der Waals surface area contributed by atoms with Gasteiger partial charge in [-0.2, -0.15) is 0 Å². The average Bonchev–Trinajstić information content (AvgIpc) is 3.04. The molecule has 4 rings (SSSR count). The number of hydrogen-bond acceptors (Lipinski definition) is 5. The van der Waals surface area contributed by atoms with E-state index in [2.05, 4.69) is 26.7 Å². The molecule has 3 aromatic rings. The summed E-state index contributed by atoms with van der Waals surface area (Å²) in [6, 6.07) is 8.31. The van der Waals surface area contributed by atoms with Gasteiger partial charge >= 0.3 is 0 Å². The standard InChI is InChI=1S/C15H15N3OS2/c19-11-5-3-4-10(8-11)9-20-14-16-17-15-18(14)12-6-1-2-7-13(12)21-15/h1-2,6-7,10H,3-5,8-9H2. The van der Waals surface area contributed by atoms with E-state index in [1.165, 1.54) is 10.2 Å². The van der Waals surface area contributed by atoms with Crippen LogP contribution in [0.4, 0.5) is 0 Å². The molecule has 1 atom stereocenters. The first-order valence-corrected chi connectivity index (χ1v) is 8.98. The van der Waals surface area contributed by atoms with Gasteiger partial charge in [-0.15, -0.1) is 10.2 Å². The molecule has 4 nitrogen and oxygen atoms in total. The minimum atomic E-state index is 0.416. The second kappa shape index (κ2) is 5.42. The molecule has 0 spiro atoms. The molecule has 108 valence electrons. The molecule has 0 radical (unpaired) electrons. The highest BCUT2D eigenvalue weighted by molar-refractivity contribution is 7.99. The number of thiazole rings is 1. The lowest BCUT2D eigenvalue weighted by atomic mass is 9.90. The van der Waals surface area contributed by atoms with Crippen LogP contribution in [0.15, 0.2) is 29.4 Å². The van der Waals surface area contributed by atoms with Gasteiger partial charge in [0.15, 0.2) is 5.16 Å². The number of nitrogens with zero attached hydrogens (tertiary/aromatic N) is 3. The van der Waals surface area contributed by atoms with Crippen LogP contribution in [0.2, 0.25) is 0 Å². The predicted octanol–water partition coefficient (Wildman–Crippen LogP) is 3.80. The van der Waals surface area contributed by atoms with Gasteiger partial charge in [-0.05, 0) is 30.9 Å². The molecule has 1 aliphatic rings. The summed E-state index contributed by atoms with van der Waals surface area (Å²) >= 11 is 3.39. The average molecular weight is 317 g/mol. The Morgan fingerprint density at radius 1 is 1.33 bits per heavy atom. The monoisotopic (exact) mass is 317 g/mol. The molecule has 0 saturated heterocycles. The maximum absolute atomic E-state index is 11.5. The van der Waals surface area contributed by atoms with Crippen molar-refractivity contribution in [1.82, 2.24) is 14.6 Å². The largest absolute Gasteiger partial charge is 0.300 e. The molecule has 0 bridgehead atoms. The van der Waals surface area contributed by atoms with Crippen molar-refractivity contribution in [1.29, 1.82) is 0 Å². The van der Waals surface area contributed by atoms with Crippen molar-refractivity contribution in [2.75, 3.05) is 5.75 Å². The summed E-state index contributed by atoms with van der Waals surface area (Å²) < 4.78 is 3.37. The molecule has 0 amide bonds. The van der Waals surface area contributed by atoms with E-state index >= 15 is 0 Å². The number of carbonyl (C=O) groups is 1. The van der Waals surface area contributed by atoms with Gasteiger partial charge in [-0.3, -0.25) is 9.20 Å². The number of aromatic nitrogens is 3. The number of benzene rings is 1. The lowest BCUT2D eigenvalue weighted by molar-refractivity contribution is -0.121. The SMILES string of the molecule is O=C1CCCC(CSc2nnc3sc4ccccc4n23)C1. The van der Waals surface area contributed by atoms with Crippen molar-refractivity contribution in [2.45, 2.75) is 30.8 Å². The molecule has 1 unspecified atom stereocenters. The number of carbonyl (C=O) groups excluding carboxylic acids is 1. The van der Waals surface area contributed by atoms with Crippen molar-refractivity contribution >= 4 is 44.1 Å². The Morgan fingerprint density at radius 2 is 2.24 bits per heavy atom. The van der Waals surface area contributed by atoms with Crippen LogP contribution in [0.5, 0.6) is 0 Å². The number of hydrogen-bond donors (Lipinski definition) is 0. The lowest BCUT2D eigenvalue weighted by Gasteiger charge is -2.19. The van der Waals surface area contributed by atoms with Crippen LogP contribution in [0, 0.1) is 5.92 Å². The van der Waals surface area contributed by atoms with Gasteiger partial charge in [0.05, 0.1) is 10.2 Å². The Balaban J connectivity index is 1.60. The van der Waals surface area contributed by atoms with Gasteiger partial charge in [0.1, 0.15) is 5.78 Å². The molecule has 1 aromatic carbocycles. The Labute approximate surface area is 130 Å². The van der Waals surface area contributed by atoms with Crippen LogP contribution in [0.3, 0.4) is 0 Å². The van der Waals surface area contributed by atoms with E-state index in [-0.39, 0.29) is 0 Å². The van der Waals surface area contributed by atoms with Gasteiger partial charge < -0.3 is 0 Å². The summed E-state index contributed by atoms with van der Waals surface area (Å²) in [7, 11) is 0. The van der Waals surface area contributed by atoms with Gasteiger partial charge in [-0.1, -0.05) is 35.2 Å². The maximum atomic E-state index is 11.5. The van der Waals surface area contributed by atoms with Gasteiger partial charge in [0, 0.05) is 18.6 Å². The first kappa shape index (κ1) is 13.3. The Morgan fingerprint density at radius 3 is 3.14 bits per heavy atom. The number of para-hydroxylation sites is 1. The lowest BCUT2D eigenvalue weighted by Crippen LogP contribution is -2.16. The topological polar surface area (TPSA) is 47.3 Å². The van der Waals surface area contributed by atoms with Crippen molar-refractivity contribution < 1.29 is 4.79 Å². The number of fused-ring (bicyclic) bond motifs is 3. The van der Waals surface area contributed by atoms with Crippen molar-refractivity contribution in [3.63, 3.8) is 0 Å².